The van der Waals surface area contributed by atoms with Crippen molar-refractivity contribution in [1.82, 2.24) is 14.2 Å². The summed E-state index contributed by atoms with van der Waals surface area (Å²) >= 11 is 0. The molecule has 2 fully saturated rings. The van der Waals surface area contributed by atoms with E-state index in [1.165, 1.54) is 30.9 Å². The van der Waals surface area contributed by atoms with Crippen LogP contribution in [-0.4, -0.2) is 83.2 Å². The highest BCUT2D eigenvalue weighted by Gasteiger charge is 2.31. The van der Waals surface area contributed by atoms with E-state index in [2.05, 4.69) is 32.1 Å². The number of anilines is 2. The second-order valence-electron chi connectivity index (χ2n) is 11.0. The summed E-state index contributed by atoms with van der Waals surface area (Å²) in [7, 11) is -0.920. The summed E-state index contributed by atoms with van der Waals surface area (Å²) in [5.41, 5.74) is 2.03. The van der Waals surface area contributed by atoms with E-state index in [1.807, 2.05) is 6.07 Å². The van der Waals surface area contributed by atoms with Crippen LogP contribution in [0.25, 0.3) is 10.9 Å². The van der Waals surface area contributed by atoms with Gasteiger partial charge in [0.05, 0.1) is 48.7 Å². The van der Waals surface area contributed by atoms with Gasteiger partial charge in [-0.2, -0.15) is 13.2 Å². The van der Waals surface area contributed by atoms with Gasteiger partial charge in [0.2, 0.25) is 10.0 Å². The predicted octanol–water partition coefficient (Wildman–Crippen LogP) is 4.64. The van der Waals surface area contributed by atoms with Crippen LogP contribution in [0.1, 0.15) is 31.4 Å². The van der Waals surface area contributed by atoms with Gasteiger partial charge in [0, 0.05) is 42.3 Å². The zero-order valence-electron chi connectivity index (χ0n) is 24.8. The first-order valence-electron chi connectivity index (χ1n) is 14.7. The number of nitrogens with zero attached hydrogens (tertiary/aromatic N) is 2. The predicted molar refractivity (Wildman–Crippen MR) is 165 cm³/mol. The maximum Gasteiger partial charge on any atom is 0.406 e. The van der Waals surface area contributed by atoms with Crippen LogP contribution in [0.4, 0.5) is 24.5 Å². The van der Waals surface area contributed by atoms with E-state index < -0.39 is 22.7 Å². The molecule has 1 aliphatic carbocycles. The fourth-order valence-electron chi connectivity index (χ4n) is 5.99. The molecule has 44 heavy (non-hydrogen) atoms. The van der Waals surface area contributed by atoms with Crippen LogP contribution in [0.5, 0.6) is 5.75 Å². The van der Waals surface area contributed by atoms with E-state index in [9.17, 15) is 21.6 Å². The van der Waals surface area contributed by atoms with Crippen molar-refractivity contribution >= 4 is 32.3 Å². The number of hydrogen-bond acceptors (Lipinski definition) is 7. The Morgan fingerprint density at radius 1 is 1.05 bits per heavy atom. The lowest BCUT2D eigenvalue weighted by Crippen LogP contribution is -2.46. The molecule has 1 aromatic heterocycles. The molecule has 238 valence electrons. The van der Waals surface area contributed by atoms with Gasteiger partial charge in [-0.3, -0.25) is 4.90 Å². The van der Waals surface area contributed by atoms with Gasteiger partial charge < -0.3 is 24.7 Å². The van der Waals surface area contributed by atoms with Crippen molar-refractivity contribution in [1.29, 1.82) is 0 Å². The van der Waals surface area contributed by atoms with Crippen LogP contribution < -0.4 is 20.1 Å². The van der Waals surface area contributed by atoms with Crippen molar-refractivity contribution in [2.24, 2.45) is 0 Å². The number of fused-ring (bicyclic) bond motifs is 1. The molecule has 1 saturated heterocycles. The van der Waals surface area contributed by atoms with Gasteiger partial charge in [-0.05, 0) is 69.0 Å². The van der Waals surface area contributed by atoms with E-state index in [0.29, 0.717) is 28.4 Å². The molecule has 3 aromatic rings. The molecule has 5 rings (SSSR count). The Balaban J connectivity index is 1.32. The minimum atomic E-state index is -4.43. The van der Waals surface area contributed by atoms with Gasteiger partial charge in [0.25, 0.3) is 0 Å². The molecule has 1 aliphatic heterocycles. The first-order valence-corrected chi connectivity index (χ1v) is 16.2. The van der Waals surface area contributed by atoms with Crippen molar-refractivity contribution in [3.8, 4) is 17.6 Å². The number of sulfonamides is 1. The van der Waals surface area contributed by atoms with E-state index in [0.717, 1.165) is 57.7 Å². The van der Waals surface area contributed by atoms with Gasteiger partial charge in [0.15, 0.2) is 0 Å². The Morgan fingerprint density at radius 2 is 1.80 bits per heavy atom. The lowest BCUT2D eigenvalue weighted by molar-refractivity contribution is -0.140. The number of benzene rings is 2. The Bertz CT molecular complexity index is 1620. The highest BCUT2D eigenvalue weighted by atomic mass is 32.2. The molecule has 0 amide bonds. The summed E-state index contributed by atoms with van der Waals surface area (Å²) in [6, 6.07) is 12.3. The molecule has 3 N–H and O–H groups in total. The molecule has 13 heteroatoms. The molecule has 2 heterocycles. The third-order valence-corrected chi connectivity index (χ3v) is 9.65. The topological polar surface area (TPSA) is 96.9 Å². The fraction of sp³-hybridized carbons (Fsp3) is 0.484. The number of ether oxygens (including phenoxy) is 2. The van der Waals surface area contributed by atoms with Crippen molar-refractivity contribution < 1.29 is 31.1 Å². The Hall–Kier alpha value is -3.44. The second kappa shape index (κ2) is 13.7. The van der Waals surface area contributed by atoms with Crippen molar-refractivity contribution in [3.05, 3.63) is 48.2 Å². The number of aromatic nitrogens is 1. The van der Waals surface area contributed by atoms with E-state index in [-0.39, 0.29) is 23.2 Å². The SMILES string of the molecule is CNS(=O)(=O)c1ccc(NCC#Cc2cc3c(N[C@H]4CC[C@@H](N5CCOCC5)CC4)cccc3n2CC(F)(F)F)c(OC)c1. The van der Waals surface area contributed by atoms with Gasteiger partial charge in [-0.1, -0.05) is 12.0 Å². The quantitative estimate of drug-likeness (QED) is 0.296. The van der Waals surface area contributed by atoms with Crippen LogP contribution in [0, 0.1) is 11.8 Å². The molecule has 1 saturated carbocycles. The highest BCUT2D eigenvalue weighted by Crippen LogP contribution is 2.33. The minimum absolute atomic E-state index is 0.0414. The largest absolute Gasteiger partial charge is 0.495 e. The molecular formula is C31H38F3N5O4S. The van der Waals surface area contributed by atoms with E-state index >= 15 is 0 Å². The molecule has 0 bridgehead atoms. The molecule has 9 nitrogen and oxygen atoms in total. The average molecular weight is 634 g/mol. The van der Waals surface area contributed by atoms with Crippen LogP contribution in [0.3, 0.4) is 0 Å². The van der Waals surface area contributed by atoms with Crippen LogP contribution in [0.15, 0.2) is 47.4 Å². The van der Waals surface area contributed by atoms with Crippen LogP contribution in [-0.2, 0) is 21.3 Å². The number of alkyl halides is 3. The van der Waals surface area contributed by atoms with Crippen LogP contribution in [0.2, 0.25) is 0 Å². The Labute approximate surface area is 256 Å². The third kappa shape index (κ3) is 7.61. The number of rotatable bonds is 9. The number of halogens is 3. The van der Waals surface area contributed by atoms with E-state index in [4.69, 9.17) is 9.47 Å². The molecule has 2 aliphatic rings. The van der Waals surface area contributed by atoms with Gasteiger partial charge in [-0.25, -0.2) is 13.1 Å². The van der Waals surface area contributed by atoms with Crippen LogP contribution >= 0.6 is 0 Å². The summed E-state index contributed by atoms with van der Waals surface area (Å²) in [6.45, 7) is 2.43. The van der Waals surface area contributed by atoms with Gasteiger partial charge >= 0.3 is 6.18 Å². The maximum absolute atomic E-state index is 13.7. The summed E-state index contributed by atoms with van der Waals surface area (Å²) < 4.78 is 79.5. The lowest BCUT2D eigenvalue weighted by Gasteiger charge is -2.39. The zero-order chi connectivity index (χ0) is 31.3. The molecule has 0 spiro atoms. The standard InChI is InChI=1S/C31H38F3N5O4S/c1-35-44(40,41)25-12-13-28(30(20-25)42-2)36-14-4-5-24-19-26-27(6-3-7-29(26)39(24)21-31(32,33)34)37-22-8-10-23(11-9-22)38-15-17-43-18-16-38/h3,6-7,12-13,19-20,22-23,35-37H,8-11,14-18,21H2,1-2H3/t22-,23+. The highest BCUT2D eigenvalue weighted by molar-refractivity contribution is 7.89. The number of methoxy groups -OCH3 is 1. The smallest absolute Gasteiger partial charge is 0.406 e. The fourth-order valence-corrected chi connectivity index (χ4v) is 6.73. The summed E-state index contributed by atoms with van der Waals surface area (Å²) in [5.74, 6) is 6.12. The van der Waals surface area contributed by atoms with Crippen molar-refractivity contribution in [2.45, 2.75) is 55.4 Å². The molecule has 0 atom stereocenters. The Kier molecular flexibility index (Phi) is 9.94. The second-order valence-corrected chi connectivity index (χ2v) is 12.9. The summed E-state index contributed by atoms with van der Waals surface area (Å²) in [6.07, 6.45) is -0.294. The third-order valence-electron chi connectivity index (χ3n) is 8.24. The van der Waals surface area contributed by atoms with Crippen molar-refractivity contribution in [2.75, 3.05) is 57.6 Å². The lowest BCUT2D eigenvalue weighted by atomic mass is 9.89. The van der Waals surface area contributed by atoms with Crippen molar-refractivity contribution in [3.63, 3.8) is 0 Å². The van der Waals surface area contributed by atoms with Gasteiger partial charge in [0.1, 0.15) is 12.3 Å². The summed E-state index contributed by atoms with van der Waals surface area (Å²) in [5, 5.41) is 7.37. The number of morpholine rings is 1. The molecule has 0 radical (unpaired) electrons. The molecule has 2 aromatic carbocycles. The number of hydrogen-bond donors (Lipinski definition) is 3. The van der Waals surface area contributed by atoms with E-state index in [1.54, 1.807) is 24.3 Å². The number of nitrogens with one attached hydrogen (secondary N) is 3. The molecule has 0 unspecified atom stereocenters. The maximum atomic E-state index is 13.7. The molecular weight excluding hydrogens is 595 g/mol. The first-order chi connectivity index (χ1) is 21.1. The first kappa shape index (κ1) is 32.0. The average Bonchev–Trinajstić information content (AvgIpc) is 3.36. The van der Waals surface area contributed by atoms with Gasteiger partial charge in [-0.15, -0.1) is 0 Å². The Morgan fingerprint density at radius 3 is 2.48 bits per heavy atom. The monoisotopic (exact) mass is 633 g/mol. The minimum Gasteiger partial charge on any atom is -0.495 e. The zero-order valence-corrected chi connectivity index (χ0v) is 25.7. The normalized spacial score (nSPS) is 19.8. The summed E-state index contributed by atoms with van der Waals surface area (Å²) in [4.78, 5) is 2.55.